The number of fused-ring (bicyclic) bond motifs is 2. The number of urea groups is 1. The van der Waals surface area contributed by atoms with Crippen LogP contribution in [0.5, 0.6) is 0 Å². The van der Waals surface area contributed by atoms with Gasteiger partial charge in [0.25, 0.3) is 5.91 Å². The molecule has 2 aromatic carbocycles. The van der Waals surface area contributed by atoms with E-state index in [1.54, 1.807) is 6.07 Å². The molecule has 0 radical (unpaired) electrons. The summed E-state index contributed by atoms with van der Waals surface area (Å²) in [7, 11) is 0. The Balaban J connectivity index is 1.41. The maximum Gasteiger partial charge on any atom is 0.322 e. The molecule has 2 unspecified atom stereocenters. The number of nitrogens with zero attached hydrogens (tertiary/aromatic N) is 1. The molecule has 2 aliphatic heterocycles. The molecule has 2 saturated heterocycles. The van der Waals surface area contributed by atoms with E-state index in [9.17, 15) is 14.0 Å². The van der Waals surface area contributed by atoms with Gasteiger partial charge in [-0.3, -0.25) is 4.79 Å². The topological polar surface area (TPSA) is 61.4 Å². The number of piperidine rings is 2. The zero-order chi connectivity index (χ0) is 20.4. The second-order valence-corrected chi connectivity index (χ2v) is 8.09. The third-order valence-corrected chi connectivity index (χ3v) is 5.93. The van der Waals surface area contributed by atoms with Crippen LogP contribution in [0.1, 0.15) is 48.0 Å². The minimum atomic E-state index is -0.419. The van der Waals surface area contributed by atoms with Crippen molar-refractivity contribution in [1.29, 1.82) is 0 Å². The van der Waals surface area contributed by atoms with Crippen molar-refractivity contribution in [3.05, 3.63) is 65.5 Å². The Morgan fingerprint density at radius 2 is 1.72 bits per heavy atom. The van der Waals surface area contributed by atoms with Gasteiger partial charge in [-0.25, -0.2) is 9.18 Å². The van der Waals surface area contributed by atoms with Gasteiger partial charge in [0.1, 0.15) is 5.82 Å². The van der Waals surface area contributed by atoms with Gasteiger partial charge in [0.15, 0.2) is 0 Å². The number of hydrogen-bond donors (Lipinski definition) is 2. The summed E-state index contributed by atoms with van der Waals surface area (Å²) in [4.78, 5) is 27.4. The summed E-state index contributed by atoms with van der Waals surface area (Å²) in [6.45, 7) is 2.01. The lowest BCUT2D eigenvalue weighted by Crippen LogP contribution is -2.59. The molecule has 29 heavy (non-hydrogen) atoms. The molecule has 2 aliphatic rings. The van der Waals surface area contributed by atoms with E-state index in [1.807, 2.05) is 36.1 Å². The van der Waals surface area contributed by atoms with Gasteiger partial charge in [0, 0.05) is 29.4 Å². The molecule has 152 valence electrons. The van der Waals surface area contributed by atoms with Crippen molar-refractivity contribution in [2.45, 2.75) is 57.2 Å². The van der Waals surface area contributed by atoms with Crippen molar-refractivity contribution in [3.8, 4) is 0 Å². The van der Waals surface area contributed by atoms with Crippen LogP contribution in [0.15, 0.2) is 48.5 Å². The van der Waals surface area contributed by atoms with Gasteiger partial charge in [-0.2, -0.15) is 0 Å². The Morgan fingerprint density at radius 1 is 1.03 bits per heavy atom. The summed E-state index contributed by atoms with van der Waals surface area (Å²) in [6, 6.07) is 13.6. The molecule has 0 spiro atoms. The van der Waals surface area contributed by atoms with E-state index in [-0.39, 0.29) is 30.1 Å². The van der Waals surface area contributed by atoms with Crippen molar-refractivity contribution in [1.82, 2.24) is 10.2 Å². The average Bonchev–Trinajstić information content (AvgIpc) is 2.69. The molecule has 0 saturated carbocycles. The minimum Gasteiger partial charge on any atom is -0.349 e. The lowest BCUT2D eigenvalue weighted by atomic mass is 9.82. The molecule has 0 aromatic heterocycles. The smallest absolute Gasteiger partial charge is 0.322 e. The molecule has 2 N–H and O–H groups in total. The predicted octanol–water partition coefficient (Wildman–Crippen LogP) is 4.48. The maximum absolute atomic E-state index is 13.4. The predicted molar refractivity (Wildman–Crippen MR) is 110 cm³/mol. The third-order valence-electron chi connectivity index (χ3n) is 5.93. The number of halogens is 1. The standard InChI is InChI=1S/C23H26FN3O2/c1-15-8-10-18(11-9-15)26-23(29)27-20-6-3-7-21(27)14-19(13-20)25-22(28)16-4-2-5-17(24)12-16/h2,4-5,8-12,19-21H,3,6-7,13-14H2,1H3,(H,25,28)(H,26,29). The molecule has 6 heteroatoms. The van der Waals surface area contributed by atoms with E-state index < -0.39 is 5.82 Å². The summed E-state index contributed by atoms with van der Waals surface area (Å²) >= 11 is 0. The van der Waals surface area contributed by atoms with Crippen molar-refractivity contribution in [2.24, 2.45) is 0 Å². The molecular formula is C23H26FN3O2. The number of amides is 3. The first-order valence-electron chi connectivity index (χ1n) is 10.2. The van der Waals surface area contributed by atoms with Gasteiger partial charge in [-0.05, 0) is 69.4 Å². The van der Waals surface area contributed by atoms with Crippen LogP contribution in [0.25, 0.3) is 0 Å². The maximum atomic E-state index is 13.4. The molecule has 0 aliphatic carbocycles. The summed E-state index contributed by atoms with van der Waals surface area (Å²) < 4.78 is 13.4. The van der Waals surface area contributed by atoms with E-state index in [0.717, 1.165) is 43.4 Å². The van der Waals surface area contributed by atoms with Gasteiger partial charge in [0.05, 0.1) is 0 Å². The molecule has 2 heterocycles. The van der Waals surface area contributed by atoms with Crippen molar-refractivity contribution in [2.75, 3.05) is 5.32 Å². The molecule has 4 rings (SSSR count). The van der Waals surface area contributed by atoms with Gasteiger partial charge >= 0.3 is 6.03 Å². The molecule has 5 nitrogen and oxygen atoms in total. The van der Waals surface area contributed by atoms with E-state index in [0.29, 0.717) is 5.56 Å². The Labute approximate surface area is 170 Å². The molecule has 2 fully saturated rings. The first-order valence-corrected chi connectivity index (χ1v) is 10.2. The zero-order valence-corrected chi connectivity index (χ0v) is 16.5. The second kappa shape index (κ2) is 8.23. The summed E-state index contributed by atoms with van der Waals surface area (Å²) in [6.07, 6.45) is 4.40. The van der Waals surface area contributed by atoms with Crippen molar-refractivity contribution < 1.29 is 14.0 Å². The number of carbonyl (C=O) groups is 2. The molecule has 2 aromatic rings. The van der Waals surface area contributed by atoms with Gasteiger partial charge in [-0.15, -0.1) is 0 Å². The number of benzene rings is 2. The fraction of sp³-hybridized carbons (Fsp3) is 0.391. The zero-order valence-electron chi connectivity index (χ0n) is 16.5. The van der Waals surface area contributed by atoms with Crippen LogP contribution in [0.4, 0.5) is 14.9 Å². The van der Waals surface area contributed by atoms with E-state index in [1.165, 1.54) is 18.2 Å². The highest BCUT2D eigenvalue weighted by molar-refractivity contribution is 5.94. The lowest BCUT2D eigenvalue weighted by molar-refractivity contribution is 0.0577. The lowest BCUT2D eigenvalue weighted by Gasteiger charge is -2.48. The Hall–Kier alpha value is -2.89. The highest BCUT2D eigenvalue weighted by atomic mass is 19.1. The van der Waals surface area contributed by atoms with E-state index in [4.69, 9.17) is 0 Å². The number of carbonyl (C=O) groups excluding carboxylic acids is 2. The second-order valence-electron chi connectivity index (χ2n) is 8.09. The monoisotopic (exact) mass is 395 g/mol. The summed E-state index contributed by atoms with van der Waals surface area (Å²) in [5.41, 5.74) is 2.27. The van der Waals surface area contributed by atoms with E-state index in [2.05, 4.69) is 10.6 Å². The van der Waals surface area contributed by atoms with Crippen LogP contribution >= 0.6 is 0 Å². The molecule has 2 bridgehead atoms. The van der Waals surface area contributed by atoms with Crippen LogP contribution < -0.4 is 10.6 Å². The molecule has 2 atom stereocenters. The van der Waals surface area contributed by atoms with E-state index >= 15 is 0 Å². The number of anilines is 1. The van der Waals surface area contributed by atoms with Crippen LogP contribution in [-0.2, 0) is 0 Å². The van der Waals surface area contributed by atoms with Crippen LogP contribution in [0.3, 0.4) is 0 Å². The van der Waals surface area contributed by atoms with Gasteiger partial charge in [-0.1, -0.05) is 23.8 Å². The first-order chi connectivity index (χ1) is 14.0. The summed E-state index contributed by atoms with van der Waals surface area (Å²) in [5.74, 6) is -0.678. The quantitative estimate of drug-likeness (QED) is 0.805. The Bertz CT molecular complexity index is 885. The highest BCUT2D eigenvalue weighted by Gasteiger charge is 2.41. The van der Waals surface area contributed by atoms with Crippen LogP contribution in [0.2, 0.25) is 0 Å². The Morgan fingerprint density at radius 3 is 2.38 bits per heavy atom. The molecule has 3 amide bonds. The Kier molecular flexibility index (Phi) is 5.51. The number of hydrogen-bond acceptors (Lipinski definition) is 2. The van der Waals surface area contributed by atoms with Crippen molar-refractivity contribution in [3.63, 3.8) is 0 Å². The molecular weight excluding hydrogens is 369 g/mol. The minimum absolute atomic E-state index is 0.00973. The highest BCUT2D eigenvalue weighted by Crippen LogP contribution is 2.34. The normalized spacial score (nSPS) is 23.4. The number of nitrogens with one attached hydrogen (secondary N) is 2. The average molecular weight is 395 g/mol. The van der Waals surface area contributed by atoms with Gasteiger partial charge < -0.3 is 15.5 Å². The largest absolute Gasteiger partial charge is 0.349 e. The van der Waals surface area contributed by atoms with Crippen molar-refractivity contribution >= 4 is 17.6 Å². The number of rotatable bonds is 3. The third kappa shape index (κ3) is 4.42. The summed E-state index contributed by atoms with van der Waals surface area (Å²) in [5, 5.41) is 6.06. The first kappa shape index (κ1) is 19.4. The van der Waals surface area contributed by atoms with Crippen LogP contribution in [0, 0.1) is 12.7 Å². The fourth-order valence-electron chi connectivity index (χ4n) is 4.55. The fourth-order valence-corrected chi connectivity index (χ4v) is 4.55. The number of aryl methyl sites for hydroxylation is 1. The van der Waals surface area contributed by atoms with Crippen LogP contribution in [-0.4, -0.2) is 35.0 Å². The van der Waals surface area contributed by atoms with Gasteiger partial charge in [0.2, 0.25) is 0 Å². The SMILES string of the molecule is Cc1ccc(NC(=O)N2C3CCCC2CC(NC(=O)c2cccc(F)c2)C3)cc1.